The number of ketones is 1. The van der Waals surface area contributed by atoms with Crippen molar-refractivity contribution in [2.24, 2.45) is 14.1 Å². The van der Waals surface area contributed by atoms with Crippen LogP contribution >= 0.6 is 22.9 Å². The predicted molar refractivity (Wildman–Crippen MR) is 158 cm³/mol. The molecule has 0 bridgehead atoms. The van der Waals surface area contributed by atoms with Crippen molar-refractivity contribution in [2.75, 3.05) is 5.32 Å². The van der Waals surface area contributed by atoms with E-state index in [1.807, 2.05) is 36.4 Å². The number of rotatable bonds is 3. The van der Waals surface area contributed by atoms with Crippen LogP contribution in [0.3, 0.4) is 0 Å². The first kappa shape index (κ1) is 25.3. The van der Waals surface area contributed by atoms with Crippen molar-refractivity contribution < 1.29 is 14.3 Å². The molecule has 1 N–H and O–H groups in total. The van der Waals surface area contributed by atoms with Crippen LogP contribution in [0, 0.1) is 0 Å². The lowest BCUT2D eigenvalue weighted by Gasteiger charge is -2.29. The molecule has 202 valence electrons. The number of benzene rings is 3. The van der Waals surface area contributed by atoms with E-state index in [1.54, 1.807) is 43.4 Å². The molecular weight excluding hydrogens is 562 g/mol. The summed E-state index contributed by atoms with van der Waals surface area (Å²) in [5.41, 5.74) is 2.18. The fourth-order valence-electron chi connectivity index (χ4n) is 5.62. The number of thiophene rings is 1. The van der Waals surface area contributed by atoms with Crippen LogP contribution in [0.2, 0.25) is 5.02 Å². The number of halogens is 1. The van der Waals surface area contributed by atoms with E-state index in [9.17, 15) is 19.2 Å². The van der Waals surface area contributed by atoms with Gasteiger partial charge in [0, 0.05) is 46.8 Å². The summed E-state index contributed by atoms with van der Waals surface area (Å²) < 4.78 is 8.94. The molecular formula is C31H20ClN3O5S. The van der Waals surface area contributed by atoms with Gasteiger partial charge >= 0.3 is 11.7 Å². The van der Waals surface area contributed by atoms with E-state index in [0.29, 0.717) is 43.7 Å². The average Bonchev–Trinajstić information content (AvgIpc) is 3.48. The summed E-state index contributed by atoms with van der Waals surface area (Å²) in [6.07, 6.45) is 0. The monoisotopic (exact) mass is 581 g/mol. The molecule has 8 nitrogen and oxygen atoms in total. The minimum Gasteiger partial charge on any atom is -0.422 e. The maximum Gasteiger partial charge on any atom is 0.355 e. The normalized spacial score (nSPS) is 15.4. The van der Waals surface area contributed by atoms with Gasteiger partial charge in [-0.25, -0.2) is 9.59 Å². The first-order valence-electron chi connectivity index (χ1n) is 12.7. The molecule has 0 saturated heterocycles. The van der Waals surface area contributed by atoms with Crippen molar-refractivity contribution in [3.8, 4) is 5.75 Å². The fraction of sp³-hybridized carbons (Fsp3) is 0.0968. The van der Waals surface area contributed by atoms with E-state index in [1.165, 1.54) is 23.0 Å². The molecule has 0 saturated carbocycles. The van der Waals surface area contributed by atoms with Crippen molar-refractivity contribution in [1.82, 2.24) is 9.13 Å². The molecule has 2 aliphatic rings. The number of hydrogen-bond donors (Lipinski definition) is 1. The molecule has 5 aromatic rings. The lowest BCUT2D eigenvalue weighted by molar-refractivity contribution is 0.0740. The van der Waals surface area contributed by atoms with Gasteiger partial charge in [0.25, 0.3) is 5.56 Å². The van der Waals surface area contributed by atoms with Crippen LogP contribution in [0.15, 0.2) is 88.0 Å². The van der Waals surface area contributed by atoms with Crippen LogP contribution < -0.4 is 21.3 Å². The Hall–Kier alpha value is -4.73. The minimum absolute atomic E-state index is 0.190. The van der Waals surface area contributed by atoms with Crippen LogP contribution in [-0.2, 0) is 14.1 Å². The van der Waals surface area contributed by atoms with Gasteiger partial charge in [0.2, 0.25) is 0 Å². The maximum absolute atomic E-state index is 13.7. The van der Waals surface area contributed by atoms with E-state index in [-0.39, 0.29) is 17.1 Å². The second-order valence-electron chi connectivity index (χ2n) is 9.89. The van der Waals surface area contributed by atoms with Gasteiger partial charge in [0.1, 0.15) is 16.4 Å². The highest BCUT2D eigenvalue weighted by Crippen LogP contribution is 2.48. The molecule has 2 aromatic heterocycles. The molecule has 7 rings (SSSR count). The Balaban J connectivity index is 1.31. The quantitative estimate of drug-likeness (QED) is 0.228. The van der Waals surface area contributed by atoms with Gasteiger partial charge in [0.05, 0.1) is 16.3 Å². The van der Waals surface area contributed by atoms with Crippen LogP contribution in [-0.4, -0.2) is 20.9 Å². The average molecular weight is 582 g/mol. The molecule has 3 heterocycles. The Labute approximate surface area is 241 Å². The first-order chi connectivity index (χ1) is 19.8. The Kier molecular flexibility index (Phi) is 5.64. The molecule has 10 heteroatoms. The first-order valence-corrected chi connectivity index (χ1v) is 13.9. The van der Waals surface area contributed by atoms with Gasteiger partial charge in [-0.3, -0.25) is 18.7 Å². The number of carbonyl (C=O) groups excluding carboxylic acids is 2. The SMILES string of the molecule is Cn1c2c(c(=O)n(C)c1=O)C(c1ccc(OC(=O)c3sc4ccccc4c3Cl)cc1)C1=C(N2)c2ccccc2C1=O. The summed E-state index contributed by atoms with van der Waals surface area (Å²) in [6, 6.07) is 21.4. The van der Waals surface area contributed by atoms with E-state index in [0.717, 1.165) is 14.7 Å². The second-order valence-corrected chi connectivity index (χ2v) is 11.3. The number of allylic oxidation sites excluding steroid dienone is 1. The largest absolute Gasteiger partial charge is 0.422 e. The highest BCUT2D eigenvalue weighted by molar-refractivity contribution is 7.21. The van der Waals surface area contributed by atoms with Crippen molar-refractivity contribution in [2.45, 2.75) is 5.92 Å². The molecule has 3 aromatic carbocycles. The second kappa shape index (κ2) is 9.15. The van der Waals surface area contributed by atoms with Gasteiger partial charge in [-0.15, -0.1) is 11.3 Å². The van der Waals surface area contributed by atoms with Crippen LogP contribution in [0.5, 0.6) is 5.75 Å². The lowest BCUT2D eigenvalue weighted by Crippen LogP contribution is -2.42. The van der Waals surface area contributed by atoms with Crippen LogP contribution in [0.4, 0.5) is 5.82 Å². The summed E-state index contributed by atoms with van der Waals surface area (Å²) in [5, 5.41) is 4.35. The highest BCUT2D eigenvalue weighted by atomic mass is 35.5. The smallest absolute Gasteiger partial charge is 0.355 e. The standard InChI is InChI=1S/C31H20ClN3O5S/c1-34-28-23(29(37)35(2)31(34)39)21(22-25(33-28)17-7-3-4-8-18(17)26(22)36)15-11-13-16(14-12-15)40-30(38)27-24(32)19-9-5-6-10-20(19)41-27/h3-14,21,33H,1-2H3. The number of hydrogen-bond acceptors (Lipinski definition) is 7. The number of nitrogens with zero attached hydrogens (tertiary/aromatic N) is 2. The zero-order chi connectivity index (χ0) is 28.6. The third-order valence-electron chi connectivity index (χ3n) is 7.62. The molecule has 1 aliphatic carbocycles. The summed E-state index contributed by atoms with van der Waals surface area (Å²) >= 11 is 7.72. The number of nitrogens with one attached hydrogen (secondary N) is 1. The van der Waals surface area contributed by atoms with Gasteiger partial charge in [-0.05, 0) is 23.8 Å². The molecule has 0 amide bonds. The van der Waals surface area contributed by atoms with Crippen molar-refractivity contribution in [1.29, 1.82) is 0 Å². The Morgan fingerprint density at radius 3 is 2.32 bits per heavy atom. The molecule has 0 radical (unpaired) electrons. The molecule has 1 unspecified atom stereocenters. The maximum atomic E-state index is 13.7. The van der Waals surface area contributed by atoms with Gasteiger partial charge in [0.15, 0.2) is 5.78 Å². The summed E-state index contributed by atoms with van der Waals surface area (Å²) in [6.45, 7) is 0. The number of carbonyl (C=O) groups is 2. The van der Waals surface area contributed by atoms with Gasteiger partial charge in [-0.2, -0.15) is 0 Å². The topological polar surface area (TPSA) is 99.4 Å². The molecule has 41 heavy (non-hydrogen) atoms. The van der Waals surface area contributed by atoms with E-state index >= 15 is 0 Å². The van der Waals surface area contributed by atoms with Crippen molar-refractivity contribution in [3.63, 3.8) is 0 Å². The number of aromatic nitrogens is 2. The zero-order valence-corrected chi connectivity index (χ0v) is 23.3. The highest BCUT2D eigenvalue weighted by Gasteiger charge is 2.42. The third-order valence-corrected chi connectivity index (χ3v) is 9.27. The summed E-state index contributed by atoms with van der Waals surface area (Å²) in [4.78, 5) is 53.3. The Bertz CT molecular complexity index is 2120. The van der Waals surface area contributed by atoms with Crippen LogP contribution in [0.25, 0.3) is 15.8 Å². The lowest BCUT2D eigenvalue weighted by atomic mass is 9.81. The van der Waals surface area contributed by atoms with Crippen molar-refractivity contribution in [3.05, 3.63) is 131 Å². The van der Waals surface area contributed by atoms with Gasteiger partial charge in [-0.1, -0.05) is 66.2 Å². The summed E-state index contributed by atoms with van der Waals surface area (Å²) in [5.74, 6) is -0.907. The zero-order valence-electron chi connectivity index (χ0n) is 21.7. The van der Waals surface area contributed by atoms with E-state index < -0.39 is 23.1 Å². The van der Waals surface area contributed by atoms with E-state index in [2.05, 4.69) is 5.32 Å². The van der Waals surface area contributed by atoms with E-state index in [4.69, 9.17) is 16.3 Å². The number of Topliss-reactive ketones (excluding diaryl/α,β-unsaturated/α-hetero) is 1. The van der Waals surface area contributed by atoms with Gasteiger partial charge < -0.3 is 10.1 Å². The molecule has 0 fully saturated rings. The number of fused-ring (bicyclic) bond motifs is 4. The molecule has 1 atom stereocenters. The molecule has 1 aliphatic heterocycles. The number of esters is 1. The predicted octanol–water partition coefficient (Wildman–Crippen LogP) is 5.34. The fourth-order valence-corrected chi connectivity index (χ4v) is 7.00. The minimum atomic E-state index is -0.756. The van der Waals surface area contributed by atoms with Crippen LogP contribution in [0.1, 0.15) is 42.6 Å². The number of ether oxygens (including phenoxy) is 1. The van der Waals surface area contributed by atoms with Crippen molar-refractivity contribution >= 4 is 56.3 Å². The Morgan fingerprint density at radius 2 is 1.59 bits per heavy atom. The number of anilines is 1. The third kappa shape index (κ3) is 3.66. The Morgan fingerprint density at radius 1 is 0.902 bits per heavy atom. The summed E-state index contributed by atoms with van der Waals surface area (Å²) in [7, 11) is 3.00. The molecule has 0 spiro atoms.